The van der Waals surface area contributed by atoms with Crippen molar-refractivity contribution in [3.63, 3.8) is 0 Å². The van der Waals surface area contributed by atoms with Gasteiger partial charge in [-0.15, -0.1) is 11.3 Å². The zero-order chi connectivity index (χ0) is 17.8. The number of H-pyrrole nitrogens is 1. The zero-order valence-electron chi connectivity index (χ0n) is 13.4. The van der Waals surface area contributed by atoms with Crippen LogP contribution in [0.25, 0.3) is 0 Å². The molecule has 1 fully saturated rings. The number of thiophene rings is 1. The van der Waals surface area contributed by atoms with Crippen molar-refractivity contribution in [1.29, 1.82) is 0 Å². The SMILES string of the molecule is C[C@H]1C[C@@]2(C[C@@H](c3cc(C(F)(F)F)[nH]n3)N1)OCCc1cc(Cl)sc12. The molecule has 4 rings (SSSR count). The van der Waals surface area contributed by atoms with E-state index in [0.29, 0.717) is 18.7 Å². The van der Waals surface area contributed by atoms with Crippen LogP contribution < -0.4 is 5.32 Å². The van der Waals surface area contributed by atoms with Gasteiger partial charge in [-0.05, 0) is 37.5 Å². The van der Waals surface area contributed by atoms with E-state index in [1.807, 2.05) is 13.0 Å². The first-order valence-electron chi connectivity index (χ1n) is 8.08. The van der Waals surface area contributed by atoms with Gasteiger partial charge in [-0.3, -0.25) is 5.10 Å². The lowest BCUT2D eigenvalue weighted by Crippen LogP contribution is -2.49. The summed E-state index contributed by atoms with van der Waals surface area (Å²) in [5.74, 6) is 0. The molecule has 2 aliphatic rings. The second kappa shape index (κ2) is 5.97. The number of ether oxygens (including phenoxy) is 1. The maximum absolute atomic E-state index is 12.9. The molecule has 9 heteroatoms. The van der Waals surface area contributed by atoms with Crippen molar-refractivity contribution >= 4 is 22.9 Å². The van der Waals surface area contributed by atoms with Crippen LogP contribution in [0, 0.1) is 0 Å². The fourth-order valence-corrected chi connectivity index (χ4v) is 5.37. The first-order chi connectivity index (χ1) is 11.8. The average molecular weight is 392 g/mol. The number of hydrogen-bond donors (Lipinski definition) is 2. The summed E-state index contributed by atoms with van der Waals surface area (Å²) in [7, 11) is 0. The Morgan fingerprint density at radius 1 is 1.36 bits per heavy atom. The third-order valence-corrected chi connectivity index (χ3v) is 6.35. The van der Waals surface area contributed by atoms with Crippen molar-refractivity contribution in [2.24, 2.45) is 0 Å². The minimum Gasteiger partial charge on any atom is -0.369 e. The number of nitrogens with zero attached hydrogens (tertiary/aromatic N) is 1. The molecule has 2 aromatic heterocycles. The number of aromatic nitrogens is 2. The topological polar surface area (TPSA) is 49.9 Å². The summed E-state index contributed by atoms with van der Waals surface area (Å²) in [5.41, 5.74) is 0.197. The Bertz CT molecular complexity index is 790. The zero-order valence-corrected chi connectivity index (χ0v) is 15.0. The van der Waals surface area contributed by atoms with Gasteiger partial charge in [-0.1, -0.05) is 11.6 Å². The summed E-state index contributed by atoms with van der Waals surface area (Å²) in [5, 5.41) is 9.34. The molecule has 0 bridgehead atoms. The molecule has 0 unspecified atom stereocenters. The van der Waals surface area contributed by atoms with Gasteiger partial charge in [-0.25, -0.2) is 0 Å². The number of halogens is 4. The lowest BCUT2D eigenvalue weighted by Gasteiger charge is -2.45. The van der Waals surface area contributed by atoms with Gasteiger partial charge in [0.15, 0.2) is 0 Å². The van der Waals surface area contributed by atoms with Gasteiger partial charge >= 0.3 is 6.18 Å². The van der Waals surface area contributed by atoms with Crippen LogP contribution in [0.4, 0.5) is 13.2 Å². The lowest BCUT2D eigenvalue weighted by atomic mass is 9.79. The van der Waals surface area contributed by atoms with Crippen molar-refractivity contribution in [3.05, 3.63) is 38.3 Å². The summed E-state index contributed by atoms with van der Waals surface area (Å²) < 4.78 is 45.5. The van der Waals surface area contributed by atoms with Gasteiger partial charge in [0, 0.05) is 17.3 Å². The van der Waals surface area contributed by atoms with Gasteiger partial charge < -0.3 is 10.1 Å². The third-order valence-electron chi connectivity index (χ3n) is 4.86. The van der Waals surface area contributed by atoms with E-state index in [-0.39, 0.29) is 12.1 Å². The van der Waals surface area contributed by atoms with Crippen LogP contribution in [0.3, 0.4) is 0 Å². The third kappa shape index (κ3) is 3.09. The van der Waals surface area contributed by atoms with E-state index in [1.165, 1.54) is 16.9 Å². The number of piperidine rings is 1. The van der Waals surface area contributed by atoms with Crippen LogP contribution in [0.5, 0.6) is 0 Å². The van der Waals surface area contributed by atoms with Gasteiger partial charge in [0.05, 0.1) is 22.7 Å². The summed E-state index contributed by atoms with van der Waals surface area (Å²) in [6, 6.07) is 2.82. The average Bonchev–Trinajstić information content (AvgIpc) is 3.13. The highest BCUT2D eigenvalue weighted by Crippen LogP contribution is 2.50. The van der Waals surface area contributed by atoms with Gasteiger partial charge in [0.1, 0.15) is 11.3 Å². The molecule has 4 nitrogen and oxygen atoms in total. The number of nitrogens with one attached hydrogen (secondary N) is 2. The number of fused-ring (bicyclic) bond motifs is 2. The molecule has 25 heavy (non-hydrogen) atoms. The summed E-state index contributed by atoms with van der Waals surface area (Å²) in [4.78, 5) is 1.11. The first-order valence-corrected chi connectivity index (χ1v) is 9.27. The molecule has 1 spiro atoms. The van der Waals surface area contributed by atoms with E-state index < -0.39 is 17.5 Å². The Hall–Kier alpha value is -1.09. The monoisotopic (exact) mass is 391 g/mol. The number of alkyl halides is 3. The Labute approximate surface area is 151 Å². The van der Waals surface area contributed by atoms with Crippen LogP contribution in [0.1, 0.15) is 47.6 Å². The van der Waals surface area contributed by atoms with Gasteiger partial charge in [0.2, 0.25) is 0 Å². The van der Waals surface area contributed by atoms with Crippen LogP contribution >= 0.6 is 22.9 Å². The fraction of sp³-hybridized carbons (Fsp3) is 0.562. The number of rotatable bonds is 1. The molecule has 0 aliphatic carbocycles. The standard InChI is InChI=1S/C16H17ClF3N3OS/c1-8-6-15(14-9(2-3-24-15)4-13(17)25-14)7-11(21-8)10-5-12(23-22-10)16(18,19)20/h4-5,8,11,21H,2-3,6-7H2,1H3,(H,22,23)/t8-,11-,15-/m0/s1. The maximum Gasteiger partial charge on any atom is 0.432 e. The highest BCUT2D eigenvalue weighted by Gasteiger charge is 2.47. The minimum absolute atomic E-state index is 0.0802. The molecular weight excluding hydrogens is 375 g/mol. The van der Waals surface area contributed by atoms with Gasteiger partial charge in [0.25, 0.3) is 0 Å². The second-order valence-corrected chi connectivity index (χ2v) is 8.41. The highest BCUT2D eigenvalue weighted by atomic mass is 35.5. The molecule has 136 valence electrons. The Balaban J connectivity index is 1.68. The van der Waals surface area contributed by atoms with Crippen molar-refractivity contribution in [1.82, 2.24) is 15.5 Å². The number of aromatic amines is 1. The normalized spacial score (nSPS) is 29.8. The van der Waals surface area contributed by atoms with Crippen LogP contribution in [0.2, 0.25) is 4.34 Å². The minimum atomic E-state index is -4.43. The van der Waals surface area contributed by atoms with E-state index in [0.717, 1.165) is 28.1 Å². The molecular formula is C16H17ClF3N3OS. The molecule has 0 saturated carbocycles. The van der Waals surface area contributed by atoms with E-state index in [1.54, 1.807) is 0 Å². The van der Waals surface area contributed by atoms with Crippen molar-refractivity contribution in [2.45, 2.75) is 50.0 Å². The first kappa shape index (κ1) is 17.3. The lowest BCUT2D eigenvalue weighted by molar-refractivity contribution is -0.141. The van der Waals surface area contributed by atoms with Crippen molar-refractivity contribution < 1.29 is 17.9 Å². The molecule has 0 amide bonds. The maximum atomic E-state index is 12.9. The fourth-order valence-electron chi connectivity index (χ4n) is 3.91. The smallest absolute Gasteiger partial charge is 0.369 e. The Kier molecular flexibility index (Phi) is 4.14. The Morgan fingerprint density at radius 3 is 2.88 bits per heavy atom. The Morgan fingerprint density at radius 2 is 2.16 bits per heavy atom. The van der Waals surface area contributed by atoms with E-state index in [2.05, 4.69) is 15.5 Å². The predicted octanol–water partition coefficient (Wildman–Crippen LogP) is 4.42. The van der Waals surface area contributed by atoms with Gasteiger partial charge in [-0.2, -0.15) is 18.3 Å². The summed E-state index contributed by atoms with van der Waals surface area (Å²) in [6.45, 7) is 2.60. The molecule has 2 aromatic rings. The molecule has 2 aliphatic heterocycles. The number of hydrogen-bond acceptors (Lipinski definition) is 4. The predicted molar refractivity (Wildman–Crippen MR) is 88.8 cm³/mol. The largest absolute Gasteiger partial charge is 0.432 e. The van der Waals surface area contributed by atoms with E-state index >= 15 is 0 Å². The molecule has 2 N–H and O–H groups in total. The molecule has 1 saturated heterocycles. The molecule has 3 atom stereocenters. The highest BCUT2D eigenvalue weighted by molar-refractivity contribution is 7.16. The molecule has 0 radical (unpaired) electrons. The van der Waals surface area contributed by atoms with Crippen molar-refractivity contribution in [3.8, 4) is 0 Å². The second-order valence-electron chi connectivity index (χ2n) is 6.73. The van der Waals surface area contributed by atoms with E-state index in [9.17, 15) is 13.2 Å². The van der Waals surface area contributed by atoms with Crippen LogP contribution in [-0.2, 0) is 22.9 Å². The molecule has 0 aromatic carbocycles. The quantitative estimate of drug-likeness (QED) is 0.756. The summed E-state index contributed by atoms with van der Waals surface area (Å²) >= 11 is 7.71. The summed E-state index contributed by atoms with van der Waals surface area (Å²) in [6.07, 6.45) is -2.33. The van der Waals surface area contributed by atoms with E-state index in [4.69, 9.17) is 16.3 Å². The molecule has 4 heterocycles. The van der Waals surface area contributed by atoms with Crippen molar-refractivity contribution in [2.75, 3.05) is 6.61 Å². The van der Waals surface area contributed by atoms with Crippen LogP contribution in [-0.4, -0.2) is 22.8 Å². The van der Waals surface area contributed by atoms with Crippen LogP contribution in [0.15, 0.2) is 12.1 Å².